The van der Waals surface area contributed by atoms with Crippen LogP contribution in [0.5, 0.6) is 0 Å². The number of nitrogens with zero attached hydrogens (tertiary/aromatic N) is 4. The van der Waals surface area contributed by atoms with E-state index in [9.17, 15) is 4.79 Å². The third-order valence-corrected chi connectivity index (χ3v) is 5.56. The number of amides is 1. The van der Waals surface area contributed by atoms with Crippen molar-refractivity contribution in [2.24, 2.45) is 0 Å². The maximum Gasteiger partial charge on any atom is 0.254 e. The summed E-state index contributed by atoms with van der Waals surface area (Å²) < 4.78 is 1.72. The van der Waals surface area contributed by atoms with Crippen molar-refractivity contribution in [1.29, 1.82) is 0 Å². The monoisotopic (exact) mass is 360 g/mol. The maximum absolute atomic E-state index is 13.0. The van der Waals surface area contributed by atoms with Crippen molar-refractivity contribution in [3.63, 3.8) is 0 Å². The first kappa shape index (κ1) is 17.5. The molecule has 1 aliphatic rings. The number of carbonyl (C=O) groups is 1. The van der Waals surface area contributed by atoms with Crippen LogP contribution in [0.1, 0.15) is 52.9 Å². The van der Waals surface area contributed by atoms with Gasteiger partial charge in [0.1, 0.15) is 12.7 Å². The van der Waals surface area contributed by atoms with Gasteiger partial charge in [-0.15, -0.1) is 0 Å². The number of hydrogen-bond acceptors (Lipinski definition) is 3. The average Bonchev–Trinajstić information content (AvgIpc) is 3.27. The van der Waals surface area contributed by atoms with Gasteiger partial charge in [0, 0.05) is 12.6 Å². The van der Waals surface area contributed by atoms with Crippen LogP contribution in [0.25, 0.3) is 5.69 Å². The number of hydrogen-bond donors (Lipinski definition) is 0. The third kappa shape index (κ3) is 3.50. The number of carbonyl (C=O) groups excluding carboxylic acids is 1. The number of rotatable bonds is 4. The van der Waals surface area contributed by atoms with Gasteiger partial charge in [-0.1, -0.05) is 18.2 Å². The molecule has 0 bridgehead atoms. The quantitative estimate of drug-likeness (QED) is 0.707. The summed E-state index contributed by atoms with van der Waals surface area (Å²) in [5, 5.41) is 4.14. The van der Waals surface area contributed by atoms with E-state index in [-0.39, 0.29) is 11.9 Å². The molecule has 1 aromatic heterocycles. The van der Waals surface area contributed by atoms with Crippen LogP contribution in [0.4, 0.5) is 0 Å². The topological polar surface area (TPSA) is 51.0 Å². The van der Waals surface area contributed by atoms with Crippen LogP contribution in [0.2, 0.25) is 0 Å². The SMILES string of the molecule is C[C@H](c1ccc(-n2cncn2)cc1)N(C)C(=O)c1ccc2c(c1)CCCC2. The van der Waals surface area contributed by atoms with Crippen LogP contribution in [-0.4, -0.2) is 32.6 Å². The van der Waals surface area contributed by atoms with E-state index in [1.165, 1.54) is 30.3 Å². The molecule has 5 nitrogen and oxygen atoms in total. The van der Waals surface area contributed by atoms with Gasteiger partial charge in [-0.3, -0.25) is 4.79 Å². The minimum atomic E-state index is -0.0154. The van der Waals surface area contributed by atoms with E-state index in [0.717, 1.165) is 29.7 Å². The molecule has 1 heterocycles. The maximum atomic E-state index is 13.0. The molecular formula is C22H24N4O. The lowest BCUT2D eigenvalue weighted by Gasteiger charge is -2.26. The fourth-order valence-electron chi connectivity index (χ4n) is 3.72. The second kappa shape index (κ2) is 7.35. The summed E-state index contributed by atoms with van der Waals surface area (Å²) >= 11 is 0. The Morgan fingerprint density at radius 1 is 1.07 bits per heavy atom. The Labute approximate surface area is 159 Å². The number of aryl methyl sites for hydroxylation is 2. The second-order valence-electron chi connectivity index (χ2n) is 7.21. The average molecular weight is 360 g/mol. The van der Waals surface area contributed by atoms with Crippen LogP contribution in [0.3, 0.4) is 0 Å². The van der Waals surface area contributed by atoms with Gasteiger partial charge in [-0.2, -0.15) is 5.10 Å². The first-order valence-electron chi connectivity index (χ1n) is 9.47. The van der Waals surface area contributed by atoms with Crippen molar-refractivity contribution < 1.29 is 4.79 Å². The van der Waals surface area contributed by atoms with Crippen molar-refractivity contribution in [2.75, 3.05) is 7.05 Å². The van der Waals surface area contributed by atoms with E-state index in [0.29, 0.717) is 0 Å². The summed E-state index contributed by atoms with van der Waals surface area (Å²) in [5.41, 5.74) is 5.56. The highest BCUT2D eigenvalue weighted by molar-refractivity contribution is 5.94. The standard InChI is InChI=1S/C22H24N4O/c1-16(17-9-11-21(12-10-17)26-15-23-14-24-26)25(2)22(27)20-8-7-18-5-3-4-6-19(18)13-20/h7-16H,3-6H2,1-2H3/t16-/m1/s1. The summed E-state index contributed by atoms with van der Waals surface area (Å²) in [4.78, 5) is 18.8. The first-order valence-corrected chi connectivity index (χ1v) is 9.47. The second-order valence-corrected chi connectivity index (χ2v) is 7.21. The van der Waals surface area contributed by atoms with Gasteiger partial charge in [0.05, 0.1) is 11.7 Å². The largest absolute Gasteiger partial charge is 0.335 e. The Bertz CT molecular complexity index is 931. The smallest absolute Gasteiger partial charge is 0.254 e. The third-order valence-electron chi connectivity index (χ3n) is 5.56. The highest BCUT2D eigenvalue weighted by atomic mass is 16.2. The molecule has 0 unspecified atom stereocenters. The predicted octanol–water partition coefficient (Wildman–Crippen LogP) is 3.98. The highest BCUT2D eigenvalue weighted by Gasteiger charge is 2.20. The number of aromatic nitrogens is 3. The van der Waals surface area contributed by atoms with E-state index in [1.807, 2.05) is 42.3 Å². The van der Waals surface area contributed by atoms with Gasteiger partial charge in [0.2, 0.25) is 0 Å². The van der Waals surface area contributed by atoms with Gasteiger partial charge in [-0.25, -0.2) is 9.67 Å². The zero-order valence-corrected chi connectivity index (χ0v) is 15.8. The van der Waals surface area contributed by atoms with Crippen LogP contribution < -0.4 is 0 Å². The molecule has 1 amide bonds. The van der Waals surface area contributed by atoms with Gasteiger partial charge in [0.25, 0.3) is 5.91 Å². The predicted molar refractivity (Wildman–Crippen MR) is 105 cm³/mol. The molecule has 0 radical (unpaired) electrons. The summed E-state index contributed by atoms with van der Waals surface area (Å²) in [6, 6.07) is 14.3. The van der Waals surface area contributed by atoms with Crippen LogP contribution in [0.15, 0.2) is 55.1 Å². The molecule has 1 atom stereocenters. The van der Waals surface area contributed by atoms with Crippen molar-refractivity contribution in [1.82, 2.24) is 19.7 Å². The molecular weight excluding hydrogens is 336 g/mol. The molecule has 0 saturated carbocycles. The van der Waals surface area contributed by atoms with Gasteiger partial charge >= 0.3 is 0 Å². The molecule has 3 aromatic rings. The van der Waals surface area contributed by atoms with E-state index >= 15 is 0 Å². The van der Waals surface area contributed by atoms with Crippen LogP contribution in [-0.2, 0) is 12.8 Å². The van der Waals surface area contributed by atoms with Crippen LogP contribution >= 0.6 is 0 Å². The van der Waals surface area contributed by atoms with E-state index < -0.39 is 0 Å². The molecule has 27 heavy (non-hydrogen) atoms. The lowest BCUT2D eigenvalue weighted by molar-refractivity contribution is 0.0742. The van der Waals surface area contributed by atoms with Crippen molar-refractivity contribution >= 4 is 5.91 Å². The summed E-state index contributed by atoms with van der Waals surface area (Å²) in [6.07, 6.45) is 7.87. The lowest BCUT2D eigenvalue weighted by Crippen LogP contribution is -2.29. The summed E-state index contributed by atoms with van der Waals surface area (Å²) in [6.45, 7) is 2.06. The lowest BCUT2D eigenvalue weighted by atomic mass is 9.90. The Morgan fingerprint density at radius 2 is 1.81 bits per heavy atom. The highest BCUT2D eigenvalue weighted by Crippen LogP contribution is 2.25. The fourth-order valence-corrected chi connectivity index (χ4v) is 3.72. The normalized spacial score (nSPS) is 14.4. The molecule has 1 aliphatic carbocycles. The van der Waals surface area contributed by atoms with Crippen molar-refractivity contribution in [3.05, 3.63) is 77.4 Å². The molecule has 138 valence electrons. The molecule has 0 aliphatic heterocycles. The fraction of sp³-hybridized carbons (Fsp3) is 0.318. The van der Waals surface area contributed by atoms with E-state index in [2.05, 4.69) is 29.1 Å². The Kier molecular flexibility index (Phi) is 4.75. The minimum absolute atomic E-state index is 0.0154. The minimum Gasteiger partial charge on any atom is -0.335 e. The summed E-state index contributed by atoms with van der Waals surface area (Å²) in [5.74, 6) is 0.0660. The number of benzene rings is 2. The molecule has 0 N–H and O–H groups in total. The zero-order chi connectivity index (χ0) is 18.8. The first-order chi connectivity index (χ1) is 13.1. The molecule has 5 heteroatoms. The molecule has 2 aromatic carbocycles. The van der Waals surface area contributed by atoms with E-state index in [4.69, 9.17) is 0 Å². The Hall–Kier alpha value is -2.95. The van der Waals surface area contributed by atoms with E-state index in [1.54, 1.807) is 11.0 Å². The van der Waals surface area contributed by atoms with Gasteiger partial charge in [-0.05, 0) is 73.6 Å². The molecule has 0 fully saturated rings. The molecule has 0 spiro atoms. The van der Waals surface area contributed by atoms with Gasteiger partial charge in [0.15, 0.2) is 0 Å². The van der Waals surface area contributed by atoms with Crippen molar-refractivity contribution in [2.45, 2.75) is 38.6 Å². The van der Waals surface area contributed by atoms with Crippen molar-refractivity contribution in [3.8, 4) is 5.69 Å². The summed E-state index contributed by atoms with van der Waals surface area (Å²) in [7, 11) is 1.87. The zero-order valence-electron chi connectivity index (χ0n) is 15.8. The Balaban J connectivity index is 1.51. The molecule has 0 saturated heterocycles. The van der Waals surface area contributed by atoms with Gasteiger partial charge < -0.3 is 4.90 Å². The Morgan fingerprint density at radius 3 is 2.52 bits per heavy atom. The molecule has 4 rings (SSSR count). The van der Waals surface area contributed by atoms with Crippen LogP contribution in [0, 0.1) is 0 Å². The number of fused-ring (bicyclic) bond motifs is 1.